The lowest BCUT2D eigenvalue weighted by Crippen LogP contribution is -2.52. The van der Waals surface area contributed by atoms with E-state index in [9.17, 15) is 13.2 Å². The molecule has 128 valence electrons. The first-order valence-electron chi connectivity index (χ1n) is 7.54. The highest BCUT2D eigenvalue weighted by Crippen LogP contribution is 2.37. The molecule has 3 atom stereocenters. The van der Waals surface area contributed by atoms with Gasteiger partial charge >= 0.3 is 6.09 Å². The summed E-state index contributed by atoms with van der Waals surface area (Å²) in [6, 6.07) is -0.519. The smallest absolute Gasteiger partial charge is 0.408 e. The molecule has 0 spiro atoms. The molecule has 1 heterocycles. The minimum absolute atomic E-state index is 0.148. The molecule has 1 amide bonds. The van der Waals surface area contributed by atoms with Crippen molar-refractivity contribution in [3.05, 3.63) is 0 Å². The number of carbonyl (C=O) groups is 1. The predicted octanol–water partition coefficient (Wildman–Crippen LogP) is 1.42. The van der Waals surface area contributed by atoms with Gasteiger partial charge in [-0.3, -0.25) is 4.18 Å². The molecule has 2 aliphatic rings. The molecule has 1 aliphatic carbocycles. The summed E-state index contributed by atoms with van der Waals surface area (Å²) in [5.74, 6) is 0.327. The third kappa shape index (κ3) is 4.82. The molecule has 0 aromatic rings. The Labute approximate surface area is 131 Å². The van der Waals surface area contributed by atoms with E-state index >= 15 is 0 Å². The van der Waals surface area contributed by atoms with Gasteiger partial charge in [-0.05, 0) is 39.5 Å². The van der Waals surface area contributed by atoms with Gasteiger partial charge in [0.1, 0.15) is 11.7 Å². The molecule has 1 N–H and O–H groups in total. The summed E-state index contributed by atoms with van der Waals surface area (Å²) in [5, 5.41) is 2.73. The maximum absolute atomic E-state index is 12.0. The molecular formula is C14H25NO6S. The first-order chi connectivity index (χ1) is 10.1. The van der Waals surface area contributed by atoms with Crippen molar-refractivity contribution in [1.29, 1.82) is 0 Å². The Morgan fingerprint density at radius 1 is 1.27 bits per heavy atom. The fourth-order valence-electron chi connectivity index (χ4n) is 2.75. The van der Waals surface area contributed by atoms with Crippen LogP contribution in [0.4, 0.5) is 4.79 Å². The van der Waals surface area contributed by atoms with Crippen molar-refractivity contribution in [1.82, 2.24) is 5.32 Å². The van der Waals surface area contributed by atoms with Crippen molar-refractivity contribution in [2.45, 2.75) is 63.9 Å². The lowest BCUT2D eigenvalue weighted by atomic mass is 9.78. The highest BCUT2D eigenvalue weighted by atomic mass is 32.2. The van der Waals surface area contributed by atoms with Gasteiger partial charge in [-0.25, -0.2) is 4.79 Å². The maximum Gasteiger partial charge on any atom is 0.408 e. The Morgan fingerprint density at radius 2 is 1.91 bits per heavy atom. The van der Waals surface area contributed by atoms with Crippen molar-refractivity contribution in [3.63, 3.8) is 0 Å². The van der Waals surface area contributed by atoms with Gasteiger partial charge in [0, 0.05) is 0 Å². The molecule has 8 heteroatoms. The van der Waals surface area contributed by atoms with Gasteiger partial charge in [-0.15, -0.1) is 0 Å². The molecule has 1 aliphatic heterocycles. The predicted molar refractivity (Wildman–Crippen MR) is 80.0 cm³/mol. The maximum atomic E-state index is 12.0. The molecule has 0 aromatic carbocycles. The quantitative estimate of drug-likeness (QED) is 0.782. The van der Waals surface area contributed by atoms with Crippen LogP contribution in [0.3, 0.4) is 0 Å². The Morgan fingerprint density at radius 3 is 2.36 bits per heavy atom. The van der Waals surface area contributed by atoms with Crippen molar-refractivity contribution >= 4 is 16.2 Å². The molecule has 22 heavy (non-hydrogen) atoms. The van der Waals surface area contributed by atoms with Crippen LogP contribution in [-0.4, -0.2) is 51.2 Å². The van der Waals surface area contributed by atoms with Crippen LogP contribution < -0.4 is 5.32 Å². The summed E-state index contributed by atoms with van der Waals surface area (Å²) in [5.41, 5.74) is -0.622. The molecule has 0 radical (unpaired) electrons. The Kier molecular flexibility index (Phi) is 5.03. The van der Waals surface area contributed by atoms with Gasteiger partial charge in [0.15, 0.2) is 0 Å². The minimum Gasteiger partial charge on any atom is -0.444 e. The fourth-order valence-corrected chi connectivity index (χ4v) is 3.38. The SMILES string of the molecule is CC(C)(C)OC(=O)N[C@H]1C(C2CCC2)OC[C@@H]1OS(C)(=O)=O. The average Bonchev–Trinajstić information content (AvgIpc) is 2.55. The third-order valence-corrected chi connectivity index (χ3v) is 4.40. The van der Waals surface area contributed by atoms with E-state index in [2.05, 4.69) is 5.32 Å². The minimum atomic E-state index is -3.62. The molecule has 7 nitrogen and oxygen atoms in total. The standard InChI is InChI=1S/C14H25NO6S/c1-14(2,3)20-13(16)15-11-10(21-22(4,17)18)8-19-12(11)9-6-5-7-9/h9-12H,5-8H2,1-4H3,(H,15,16)/t10-,11+,12?/m0/s1. The van der Waals surface area contributed by atoms with E-state index in [4.69, 9.17) is 13.7 Å². The first kappa shape index (κ1) is 17.5. The lowest BCUT2D eigenvalue weighted by molar-refractivity contribution is 0.0119. The van der Waals surface area contributed by atoms with Gasteiger partial charge in [0.25, 0.3) is 10.1 Å². The number of rotatable bonds is 4. The topological polar surface area (TPSA) is 90.9 Å². The molecule has 2 fully saturated rings. The molecule has 0 aromatic heterocycles. The van der Waals surface area contributed by atoms with E-state index < -0.39 is 34.0 Å². The zero-order chi connectivity index (χ0) is 16.5. The molecular weight excluding hydrogens is 310 g/mol. The summed E-state index contributed by atoms with van der Waals surface area (Å²) in [6.07, 6.45) is 2.62. The van der Waals surface area contributed by atoms with Gasteiger partial charge in [-0.2, -0.15) is 8.42 Å². The van der Waals surface area contributed by atoms with Crippen LogP contribution in [-0.2, 0) is 23.8 Å². The number of amides is 1. The summed E-state index contributed by atoms with van der Waals surface area (Å²) in [4.78, 5) is 12.0. The van der Waals surface area contributed by atoms with Crippen molar-refractivity contribution in [2.75, 3.05) is 12.9 Å². The molecule has 1 saturated heterocycles. The van der Waals surface area contributed by atoms with Crippen molar-refractivity contribution in [2.24, 2.45) is 5.92 Å². The number of ether oxygens (including phenoxy) is 2. The molecule has 1 saturated carbocycles. The van der Waals surface area contributed by atoms with Crippen LogP contribution >= 0.6 is 0 Å². The summed E-state index contributed by atoms with van der Waals surface area (Å²) < 4.78 is 38.8. The van der Waals surface area contributed by atoms with Crippen molar-refractivity contribution < 1.29 is 26.9 Å². The number of hydrogen-bond donors (Lipinski definition) is 1. The summed E-state index contributed by atoms with van der Waals surface area (Å²) in [7, 11) is -3.62. The Balaban J connectivity index is 2.06. The molecule has 0 bridgehead atoms. The van der Waals surface area contributed by atoms with Crippen LogP contribution in [0.2, 0.25) is 0 Å². The molecule has 1 unspecified atom stereocenters. The zero-order valence-corrected chi connectivity index (χ0v) is 14.3. The number of hydrogen-bond acceptors (Lipinski definition) is 6. The van der Waals surface area contributed by atoms with Crippen LogP contribution in [0, 0.1) is 5.92 Å². The second kappa shape index (κ2) is 6.33. The Hall–Kier alpha value is -0.860. The van der Waals surface area contributed by atoms with Crippen LogP contribution in [0.1, 0.15) is 40.0 Å². The van der Waals surface area contributed by atoms with E-state index in [-0.39, 0.29) is 12.7 Å². The van der Waals surface area contributed by atoms with Crippen LogP contribution in [0.15, 0.2) is 0 Å². The summed E-state index contributed by atoms with van der Waals surface area (Å²) in [6.45, 7) is 5.46. The van der Waals surface area contributed by atoms with E-state index in [0.717, 1.165) is 25.5 Å². The zero-order valence-electron chi connectivity index (χ0n) is 13.5. The van der Waals surface area contributed by atoms with E-state index in [0.29, 0.717) is 5.92 Å². The van der Waals surface area contributed by atoms with E-state index in [1.54, 1.807) is 20.8 Å². The van der Waals surface area contributed by atoms with Gasteiger partial charge < -0.3 is 14.8 Å². The molecule has 2 rings (SSSR count). The number of alkyl carbamates (subject to hydrolysis) is 1. The van der Waals surface area contributed by atoms with Gasteiger partial charge in [0.05, 0.1) is 25.0 Å². The van der Waals surface area contributed by atoms with Gasteiger partial charge in [0.2, 0.25) is 0 Å². The average molecular weight is 335 g/mol. The first-order valence-corrected chi connectivity index (χ1v) is 9.36. The van der Waals surface area contributed by atoms with Crippen LogP contribution in [0.5, 0.6) is 0 Å². The van der Waals surface area contributed by atoms with E-state index in [1.165, 1.54) is 0 Å². The van der Waals surface area contributed by atoms with E-state index in [1.807, 2.05) is 0 Å². The third-order valence-electron chi connectivity index (χ3n) is 3.80. The highest BCUT2D eigenvalue weighted by Gasteiger charge is 2.46. The van der Waals surface area contributed by atoms with Crippen molar-refractivity contribution in [3.8, 4) is 0 Å². The Bertz CT molecular complexity index is 508. The monoisotopic (exact) mass is 335 g/mol. The number of carbonyl (C=O) groups excluding carboxylic acids is 1. The second-order valence-electron chi connectivity index (χ2n) is 7.00. The highest BCUT2D eigenvalue weighted by molar-refractivity contribution is 7.86. The largest absolute Gasteiger partial charge is 0.444 e. The normalized spacial score (nSPS) is 29.9. The van der Waals surface area contributed by atoms with Gasteiger partial charge in [-0.1, -0.05) is 6.42 Å². The second-order valence-corrected chi connectivity index (χ2v) is 8.60. The number of nitrogens with one attached hydrogen (secondary N) is 1. The fraction of sp³-hybridized carbons (Fsp3) is 0.929. The van der Waals surface area contributed by atoms with Crippen LogP contribution in [0.25, 0.3) is 0 Å². The summed E-state index contributed by atoms with van der Waals surface area (Å²) >= 11 is 0. The lowest BCUT2D eigenvalue weighted by Gasteiger charge is -2.35.